The fraction of sp³-hybridized carbons (Fsp3) is 0.345. The van der Waals surface area contributed by atoms with Crippen LogP contribution in [-0.2, 0) is 19.6 Å². The lowest BCUT2D eigenvalue weighted by atomic mass is 10.1. The van der Waals surface area contributed by atoms with Gasteiger partial charge >= 0.3 is 0 Å². The van der Waals surface area contributed by atoms with Gasteiger partial charge in [0.1, 0.15) is 12.1 Å². The molecule has 3 atom stereocenters. The number of rotatable bonds is 7. The van der Waals surface area contributed by atoms with Crippen LogP contribution < -0.4 is 5.32 Å². The van der Waals surface area contributed by atoms with Crippen LogP contribution in [0.15, 0.2) is 71.6 Å². The van der Waals surface area contributed by atoms with Crippen molar-refractivity contribution in [2.45, 2.75) is 42.8 Å². The summed E-state index contributed by atoms with van der Waals surface area (Å²) in [5, 5.41) is 5.07. The Morgan fingerprint density at radius 1 is 1.00 bits per heavy atom. The normalized spacial score (nSPS) is 20.4. The van der Waals surface area contributed by atoms with Gasteiger partial charge in [0.25, 0.3) is 5.91 Å². The summed E-state index contributed by atoms with van der Waals surface area (Å²) in [6.07, 6.45) is 0.900. The molecule has 0 aromatic heterocycles. The van der Waals surface area contributed by atoms with Crippen molar-refractivity contribution in [1.82, 2.24) is 19.4 Å². The second kappa shape index (κ2) is 11.2. The number of likely N-dealkylation sites (N-methyl/N-ethyl adjacent to an activating group) is 1. The van der Waals surface area contributed by atoms with Crippen molar-refractivity contribution in [1.29, 1.82) is 0 Å². The molecule has 0 aliphatic carbocycles. The third-order valence-corrected chi connectivity index (χ3v) is 9.89. The number of sulfonamides is 1. The van der Waals surface area contributed by atoms with E-state index in [1.807, 2.05) is 6.07 Å². The first kappa shape index (κ1) is 28.1. The fourth-order valence-corrected chi connectivity index (χ4v) is 6.99. The summed E-state index contributed by atoms with van der Waals surface area (Å²) >= 11 is 6.04. The average Bonchev–Trinajstić information content (AvgIpc) is 3.58. The lowest BCUT2D eigenvalue weighted by Gasteiger charge is -2.29. The summed E-state index contributed by atoms with van der Waals surface area (Å²) in [7, 11) is -2.56. The van der Waals surface area contributed by atoms with E-state index in [2.05, 4.69) is 5.32 Å². The molecule has 0 bridgehead atoms. The van der Waals surface area contributed by atoms with Crippen LogP contribution in [0.25, 0.3) is 10.8 Å². The zero-order valence-corrected chi connectivity index (χ0v) is 23.9. The molecule has 9 nitrogen and oxygen atoms in total. The lowest BCUT2D eigenvalue weighted by molar-refractivity contribution is -0.143. The Balaban J connectivity index is 1.22. The molecule has 1 unspecified atom stereocenters. The van der Waals surface area contributed by atoms with E-state index in [9.17, 15) is 22.8 Å². The number of carbonyl (C=O) groups excluding carboxylic acids is 3. The molecular weight excluding hydrogens is 552 g/mol. The number of hydrogen-bond acceptors (Lipinski definition) is 5. The number of carbonyl (C=O) groups is 3. The molecule has 0 saturated carbocycles. The molecule has 3 aromatic rings. The third-order valence-electron chi connectivity index (χ3n) is 7.80. The van der Waals surface area contributed by atoms with Crippen LogP contribution in [0, 0.1) is 0 Å². The molecule has 40 heavy (non-hydrogen) atoms. The molecule has 1 N–H and O–H groups in total. The summed E-state index contributed by atoms with van der Waals surface area (Å²) < 4.78 is 28.0. The summed E-state index contributed by atoms with van der Waals surface area (Å²) in [4.78, 5) is 42.4. The van der Waals surface area contributed by atoms with Crippen LogP contribution in [-0.4, -0.2) is 85.1 Å². The SMILES string of the molecule is C[C@H](C(=O)N1CCC(NC(=O)c2ccccc2)C1)N1CC[C@H](N(C)S(=O)(=O)c2ccc3cc(Cl)ccc3c2)C1=O. The van der Waals surface area contributed by atoms with Gasteiger partial charge in [-0.2, -0.15) is 4.31 Å². The van der Waals surface area contributed by atoms with Gasteiger partial charge in [-0.15, -0.1) is 0 Å². The molecule has 2 aliphatic heterocycles. The first-order valence-corrected chi connectivity index (χ1v) is 15.0. The van der Waals surface area contributed by atoms with E-state index < -0.39 is 28.0 Å². The fourth-order valence-electron chi connectivity index (χ4n) is 5.43. The Bertz CT molecular complexity index is 1570. The van der Waals surface area contributed by atoms with Crippen molar-refractivity contribution in [3.05, 3.63) is 77.3 Å². The van der Waals surface area contributed by atoms with Crippen LogP contribution in [0.5, 0.6) is 0 Å². The molecule has 2 heterocycles. The monoisotopic (exact) mass is 582 g/mol. The molecule has 210 valence electrons. The van der Waals surface area contributed by atoms with Gasteiger partial charge in [-0.05, 0) is 66.9 Å². The predicted molar refractivity (Wildman–Crippen MR) is 152 cm³/mol. The Kier molecular flexibility index (Phi) is 7.85. The number of hydrogen-bond donors (Lipinski definition) is 1. The van der Waals surface area contributed by atoms with Crippen LogP contribution in [0.1, 0.15) is 30.1 Å². The zero-order chi connectivity index (χ0) is 28.6. The van der Waals surface area contributed by atoms with Crippen molar-refractivity contribution >= 4 is 50.1 Å². The van der Waals surface area contributed by atoms with Gasteiger partial charge in [0.15, 0.2) is 0 Å². The standard InChI is InChI=1S/C29H31ClN4O5S/c1-19(28(36)33-14-12-24(18-33)31-27(35)20-6-4-3-5-7-20)34-15-13-26(29(34)37)32(2)40(38,39)25-11-9-21-16-23(30)10-8-22(21)17-25/h3-11,16-17,19,24,26H,12-15,18H2,1-2H3,(H,31,35)/t19-,24?,26+/m1/s1. The lowest BCUT2D eigenvalue weighted by Crippen LogP contribution is -2.50. The predicted octanol–water partition coefficient (Wildman–Crippen LogP) is 3.13. The highest BCUT2D eigenvalue weighted by molar-refractivity contribution is 7.89. The van der Waals surface area contributed by atoms with E-state index in [1.165, 1.54) is 18.0 Å². The number of fused-ring (bicyclic) bond motifs is 1. The van der Waals surface area contributed by atoms with Gasteiger partial charge in [-0.3, -0.25) is 14.4 Å². The first-order chi connectivity index (χ1) is 19.1. The number of nitrogens with zero attached hydrogens (tertiary/aromatic N) is 3. The first-order valence-electron chi connectivity index (χ1n) is 13.2. The van der Waals surface area contributed by atoms with Crippen molar-refractivity contribution in [2.75, 3.05) is 26.7 Å². The molecule has 11 heteroatoms. The van der Waals surface area contributed by atoms with Gasteiger partial charge in [0.2, 0.25) is 21.8 Å². The molecule has 0 spiro atoms. The van der Waals surface area contributed by atoms with Gasteiger partial charge in [0.05, 0.1) is 4.90 Å². The largest absolute Gasteiger partial charge is 0.347 e. The summed E-state index contributed by atoms with van der Waals surface area (Å²) in [6, 6.07) is 17.0. The number of likely N-dealkylation sites (tertiary alicyclic amines) is 2. The molecule has 5 rings (SSSR count). The van der Waals surface area contributed by atoms with Crippen LogP contribution in [0.3, 0.4) is 0 Å². The topological polar surface area (TPSA) is 107 Å². The molecule has 2 aliphatic rings. The number of nitrogens with one attached hydrogen (secondary N) is 1. The maximum absolute atomic E-state index is 13.4. The van der Waals surface area contributed by atoms with Crippen molar-refractivity contribution in [3.8, 4) is 0 Å². The second-order valence-electron chi connectivity index (χ2n) is 10.3. The quantitative estimate of drug-likeness (QED) is 0.461. The molecule has 2 fully saturated rings. The Labute approximate surface area is 238 Å². The average molecular weight is 583 g/mol. The molecule has 2 saturated heterocycles. The van der Waals surface area contributed by atoms with Crippen LogP contribution >= 0.6 is 11.6 Å². The minimum absolute atomic E-state index is 0.0841. The van der Waals surface area contributed by atoms with Crippen LogP contribution in [0.4, 0.5) is 0 Å². The van der Waals surface area contributed by atoms with Gasteiger partial charge in [-0.1, -0.05) is 41.9 Å². The zero-order valence-electron chi connectivity index (χ0n) is 22.3. The third kappa shape index (κ3) is 5.43. The Morgan fingerprint density at radius 2 is 1.70 bits per heavy atom. The van der Waals surface area contributed by atoms with E-state index in [-0.39, 0.29) is 35.7 Å². The maximum atomic E-state index is 13.4. The summed E-state index contributed by atoms with van der Waals surface area (Å²) in [5.41, 5.74) is 0.557. The van der Waals surface area contributed by atoms with Gasteiger partial charge in [-0.25, -0.2) is 8.42 Å². The second-order valence-corrected chi connectivity index (χ2v) is 12.7. The van der Waals surface area contributed by atoms with E-state index >= 15 is 0 Å². The van der Waals surface area contributed by atoms with E-state index in [0.717, 1.165) is 15.1 Å². The maximum Gasteiger partial charge on any atom is 0.251 e. The minimum atomic E-state index is -3.97. The van der Waals surface area contributed by atoms with Crippen LogP contribution in [0.2, 0.25) is 5.02 Å². The summed E-state index contributed by atoms with van der Waals surface area (Å²) in [5.74, 6) is -0.804. The molecule has 0 radical (unpaired) electrons. The van der Waals surface area contributed by atoms with Gasteiger partial charge in [0, 0.05) is 43.3 Å². The number of benzene rings is 3. The smallest absolute Gasteiger partial charge is 0.251 e. The van der Waals surface area contributed by atoms with Gasteiger partial charge < -0.3 is 15.1 Å². The van der Waals surface area contributed by atoms with E-state index in [4.69, 9.17) is 11.6 Å². The minimum Gasteiger partial charge on any atom is -0.347 e. The van der Waals surface area contributed by atoms with E-state index in [0.29, 0.717) is 30.1 Å². The van der Waals surface area contributed by atoms with Crippen molar-refractivity contribution in [2.24, 2.45) is 0 Å². The molecular formula is C29H31ClN4O5S. The Hall–Kier alpha value is -3.47. The Morgan fingerprint density at radius 3 is 2.45 bits per heavy atom. The number of amides is 3. The van der Waals surface area contributed by atoms with E-state index in [1.54, 1.807) is 66.4 Å². The highest BCUT2D eigenvalue weighted by atomic mass is 35.5. The highest BCUT2D eigenvalue weighted by Gasteiger charge is 2.44. The van der Waals surface area contributed by atoms with Crippen molar-refractivity contribution in [3.63, 3.8) is 0 Å². The van der Waals surface area contributed by atoms with Crippen molar-refractivity contribution < 1.29 is 22.8 Å². The molecule has 3 aromatic carbocycles. The highest BCUT2D eigenvalue weighted by Crippen LogP contribution is 2.28. The summed E-state index contributed by atoms with van der Waals surface area (Å²) in [6.45, 7) is 2.76. The number of halogens is 1. The molecule has 3 amide bonds.